The van der Waals surface area contributed by atoms with Crippen LogP contribution in [0.2, 0.25) is 0 Å². The van der Waals surface area contributed by atoms with Gasteiger partial charge < -0.3 is 14.5 Å². The Bertz CT molecular complexity index is 1340. The summed E-state index contributed by atoms with van der Waals surface area (Å²) in [6.07, 6.45) is 0.932. The smallest absolute Gasteiger partial charge is 0.344 e. The standard InChI is InChI=1S/C26H30N6O3/c1-5-15-32(31(6-2)7-3)25-28-24(29-26(30-25)34-4)27-20-14-13-19-16-21(18-11-9-8-10-12-18)23(33)35-22(19)17-20/h8-14,16-17H,5-7,15H2,1-4H3,(H,27,28,29,30). The van der Waals surface area contributed by atoms with E-state index in [0.29, 0.717) is 28.7 Å². The first-order valence-electron chi connectivity index (χ1n) is 11.8. The predicted octanol–water partition coefficient (Wildman–Crippen LogP) is 4.87. The first-order chi connectivity index (χ1) is 17.1. The molecule has 35 heavy (non-hydrogen) atoms. The minimum absolute atomic E-state index is 0.214. The van der Waals surface area contributed by atoms with Crippen molar-refractivity contribution in [2.24, 2.45) is 0 Å². The van der Waals surface area contributed by atoms with Crippen LogP contribution in [0, 0.1) is 0 Å². The highest BCUT2D eigenvalue weighted by atomic mass is 16.5. The summed E-state index contributed by atoms with van der Waals surface area (Å²) in [4.78, 5) is 26.1. The van der Waals surface area contributed by atoms with Gasteiger partial charge in [-0.1, -0.05) is 51.1 Å². The summed E-state index contributed by atoms with van der Waals surface area (Å²) in [5, 5.41) is 8.22. The number of aromatic nitrogens is 3. The Hall–Kier alpha value is -3.98. The number of anilines is 3. The van der Waals surface area contributed by atoms with Crippen LogP contribution in [-0.2, 0) is 0 Å². The average molecular weight is 475 g/mol. The maximum atomic E-state index is 12.6. The van der Waals surface area contributed by atoms with E-state index in [1.165, 1.54) is 7.11 Å². The molecule has 0 unspecified atom stereocenters. The Labute approximate surface area is 204 Å². The van der Waals surface area contributed by atoms with Gasteiger partial charge in [0.25, 0.3) is 0 Å². The summed E-state index contributed by atoms with van der Waals surface area (Å²) in [5.41, 5.74) is 2.10. The lowest BCUT2D eigenvalue weighted by Gasteiger charge is -2.33. The van der Waals surface area contributed by atoms with Crippen LogP contribution >= 0.6 is 0 Å². The summed E-state index contributed by atoms with van der Waals surface area (Å²) in [5.74, 6) is 0.840. The summed E-state index contributed by atoms with van der Waals surface area (Å²) in [6, 6.07) is 17.1. The van der Waals surface area contributed by atoms with Crippen molar-refractivity contribution < 1.29 is 9.15 Å². The first kappa shape index (κ1) is 24.2. The van der Waals surface area contributed by atoms with Gasteiger partial charge in [-0.05, 0) is 30.2 Å². The van der Waals surface area contributed by atoms with Gasteiger partial charge in [-0.3, -0.25) is 5.01 Å². The van der Waals surface area contributed by atoms with Gasteiger partial charge in [0.05, 0.1) is 12.7 Å². The van der Waals surface area contributed by atoms with Crippen molar-refractivity contribution in [3.05, 3.63) is 65.0 Å². The third-order valence-electron chi connectivity index (χ3n) is 5.60. The van der Waals surface area contributed by atoms with E-state index in [1.807, 2.05) is 53.5 Å². The molecule has 0 aliphatic rings. The lowest BCUT2D eigenvalue weighted by atomic mass is 10.1. The predicted molar refractivity (Wildman–Crippen MR) is 138 cm³/mol. The number of nitrogens with one attached hydrogen (secondary N) is 1. The van der Waals surface area contributed by atoms with Crippen molar-refractivity contribution in [2.75, 3.05) is 37.1 Å². The molecule has 0 bridgehead atoms. The van der Waals surface area contributed by atoms with Crippen molar-refractivity contribution >= 4 is 28.6 Å². The Morgan fingerprint density at radius 3 is 2.43 bits per heavy atom. The van der Waals surface area contributed by atoms with Gasteiger partial charge in [0.1, 0.15) is 5.58 Å². The van der Waals surface area contributed by atoms with E-state index in [0.717, 1.165) is 37.0 Å². The Morgan fingerprint density at radius 1 is 0.971 bits per heavy atom. The van der Waals surface area contributed by atoms with Gasteiger partial charge in [0, 0.05) is 36.8 Å². The zero-order valence-electron chi connectivity index (χ0n) is 20.5. The summed E-state index contributed by atoms with van der Waals surface area (Å²) >= 11 is 0. The van der Waals surface area contributed by atoms with Gasteiger partial charge >= 0.3 is 11.6 Å². The molecule has 2 heterocycles. The molecule has 182 valence electrons. The van der Waals surface area contributed by atoms with Gasteiger partial charge in [0.2, 0.25) is 11.9 Å². The Kier molecular flexibility index (Phi) is 7.57. The fraction of sp³-hybridized carbons (Fsp3) is 0.308. The molecule has 0 aliphatic carbocycles. The van der Waals surface area contributed by atoms with Crippen LogP contribution in [-0.4, -0.2) is 46.7 Å². The molecular formula is C26H30N6O3. The Morgan fingerprint density at radius 2 is 1.74 bits per heavy atom. The van der Waals surface area contributed by atoms with Crippen LogP contribution < -0.4 is 20.7 Å². The molecule has 0 saturated heterocycles. The van der Waals surface area contributed by atoms with Crippen LogP contribution in [0.5, 0.6) is 6.01 Å². The summed E-state index contributed by atoms with van der Waals surface area (Å²) < 4.78 is 11.0. The van der Waals surface area contributed by atoms with E-state index in [9.17, 15) is 4.79 Å². The van der Waals surface area contributed by atoms with E-state index >= 15 is 0 Å². The fourth-order valence-electron chi connectivity index (χ4n) is 3.89. The van der Waals surface area contributed by atoms with Crippen LogP contribution in [0.1, 0.15) is 27.2 Å². The molecule has 0 atom stereocenters. The zero-order valence-corrected chi connectivity index (χ0v) is 20.5. The SMILES string of the molecule is CCCN(c1nc(Nc2ccc3cc(-c4ccccc4)c(=O)oc3c2)nc(OC)n1)N(CC)CC. The second-order valence-electron chi connectivity index (χ2n) is 7.90. The second kappa shape index (κ2) is 11.0. The number of hydrazine groups is 1. The monoisotopic (exact) mass is 474 g/mol. The molecule has 2 aromatic carbocycles. The molecule has 9 nitrogen and oxygen atoms in total. The molecule has 4 aromatic rings. The number of benzene rings is 2. The number of hydrogen-bond donors (Lipinski definition) is 1. The molecule has 0 spiro atoms. The molecule has 0 aliphatic heterocycles. The first-order valence-corrected chi connectivity index (χ1v) is 11.8. The highest BCUT2D eigenvalue weighted by molar-refractivity contribution is 5.84. The average Bonchev–Trinajstić information content (AvgIpc) is 2.88. The third kappa shape index (κ3) is 5.41. The normalized spacial score (nSPS) is 11.1. The molecule has 0 radical (unpaired) electrons. The second-order valence-corrected chi connectivity index (χ2v) is 7.90. The molecule has 0 saturated carbocycles. The minimum atomic E-state index is -0.389. The van der Waals surface area contributed by atoms with Gasteiger partial charge in [-0.25, -0.2) is 9.80 Å². The molecule has 9 heteroatoms. The summed E-state index contributed by atoms with van der Waals surface area (Å²) in [7, 11) is 1.53. The molecule has 0 fully saturated rings. The van der Waals surface area contributed by atoms with E-state index in [1.54, 1.807) is 6.07 Å². The maximum Gasteiger partial charge on any atom is 0.344 e. The van der Waals surface area contributed by atoms with Gasteiger partial charge in [0.15, 0.2) is 0 Å². The molecule has 0 amide bonds. The highest BCUT2D eigenvalue weighted by Crippen LogP contribution is 2.25. The number of rotatable bonds is 10. The van der Waals surface area contributed by atoms with Crippen molar-refractivity contribution in [1.82, 2.24) is 20.0 Å². The number of hydrogen-bond acceptors (Lipinski definition) is 9. The van der Waals surface area contributed by atoms with Crippen LogP contribution in [0.25, 0.3) is 22.1 Å². The number of fused-ring (bicyclic) bond motifs is 1. The van der Waals surface area contributed by atoms with E-state index in [-0.39, 0.29) is 11.6 Å². The topological polar surface area (TPSA) is 96.6 Å². The fourth-order valence-corrected chi connectivity index (χ4v) is 3.89. The number of methoxy groups -OCH3 is 1. The highest BCUT2D eigenvalue weighted by Gasteiger charge is 2.18. The van der Waals surface area contributed by atoms with Gasteiger partial charge in [-0.2, -0.15) is 15.0 Å². The third-order valence-corrected chi connectivity index (χ3v) is 5.60. The van der Waals surface area contributed by atoms with Crippen molar-refractivity contribution in [1.29, 1.82) is 0 Å². The zero-order chi connectivity index (χ0) is 24.8. The summed E-state index contributed by atoms with van der Waals surface area (Å²) in [6.45, 7) is 8.70. The molecule has 2 aromatic heterocycles. The van der Waals surface area contributed by atoms with Crippen molar-refractivity contribution in [3.8, 4) is 17.1 Å². The largest absolute Gasteiger partial charge is 0.467 e. The number of ether oxygens (including phenoxy) is 1. The van der Waals surface area contributed by atoms with Crippen LogP contribution in [0.3, 0.4) is 0 Å². The Balaban J connectivity index is 1.67. The van der Waals surface area contributed by atoms with E-state index < -0.39 is 0 Å². The lowest BCUT2D eigenvalue weighted by molar-refractivity contribution is 0.267. The molecular weight excluding hydrogens is 444 g/mol. The molecule has 4 rings (SSSR count). The van der Waals surface area contributed by atoms with E-state index in [2.05, 4.69) is 46.0 Å². The van der Waals surface area contributed by atoms with Gasteiger partial charge in [-0.15, -0.1) is 0 Å². The molecule has 1 N–H and O–H groups in total. The van der Waals surface area contributed by atoms with Crippen molar-refractivity contribution in [3.63, 3.8) is 0 Å². The maximum absolute atomic E-state index is 12.6. The minimum Gasteiger partial charge on any atom is -0.467 e. The van der Waals surface area contributed by atoms with Crippen LogP contribution in [0.4, 0.5) is 17.6 Å². The number of nitrogens with zero attached hydrogens (tertiary/aromatic N) is 5. The lowest BCUT2D eigenvalue weighted by Crippen LogP contribution is -2.44. The quantitative estimate of drug-likeness (QED) is 0.255. The van der Waals surface area contributed by atoms with E-state index in [4.69, 9.17) is 9.15 Å². The van der Waals surface area contributed by atoms with Crippen molar-refractivity contribution in [2.45, 2.75) is 27.2 Å². The van der Waals surface area contributed by atoms with Crippen LogP contribution in [0.15, 0.2) is 63.8 Å².